The number of hydrogen-bond acceptors (Lipinski definition) is 4. The molecule has 0 aliphatic rings. The van der Waals surface area contributed by atoms with Crippen molar-refractivity contribution in [3.8, 4) is 0 Å². The number of anilines is 1. The lowest BCUT2D eigenvalue weighted by molar-refractivity contribution is 0.203. The number of methoxy groups -OCH3 is 1. The lowest BCUT2D eigenvalue weighted by Gasteiger charge is -2.28. The van der Waals surface area contributed by atoms with Gasteiger partial charge in [0.05, 0.1) is 11.1 Å². The second-order valence-electron chi connectivity index (χ2n) is 3.47. The summed E-state index contributed by atoms with van der Waals surface area (Å²) in [4.78, 5) is 10.4. The topological polar surface area (TPSA) is 38.2 Å². The van der Waals surface area contributed by atoms with E-state index >= 15 is 0 Å². The van der Waals surface area contributed by atoms with E-state index in [1.807, 2.05) is 0 Å². The third kappa shape index (κ3) is 3.43. The molecule has 0 saturated heterocycles. The Balaban J connectivity index is 2.84. The van der Waals surface area contributed by atoms with Gasteiger partial charge in [0.15, 0.2) is 0 Å². The van der Waals surface area contributed by atoms with Crippen molar-refractivity contribution in [2.45, 2.75) is 19.9 Å². The van der Waals surface area contributed by atoms with Crippen molar-refractivity contribution < 1.29 is 4.74 Å². The Hall–Kier alpha value is -0.680. The van der Waals surface area contributed by atoms with E-state index in [0.717, 1.165) is 16.8 Å². The maximum Gasteiger partial charge on any atom is 0.146 e. The lowest BCUT2D eigenvalue weighted by Crippen LogP contribution is -2.34. The minimum atomic E-state index is 0.381. The first kappa shape index (κ1) is 12.4. The Morgan fingerprint density at radius 1 is 1.53 bits per heavy atom. The molecule has 15 heavy (non-hydrogen) atoms. The normalized spacial score (nSPS) is 10.7. The summed E-state index contributed by atoms with van der Waals surface area (Å²) < 4.78 is 6.00. The first-order chi connectivity index (χ1) is 7.16. The fourth-order valence-electron chi connectivity index (χ4n) is 1.32. The van der Waals surface area contributed by atoms with E-state index in [-0.39, 0.29) is 0 Å². The van der Waals surface area contributed by atoms with Gasteiger partial charge in [-0.2, -0.15) is 0 Å². The minimum absolute atomic E-state index is 0.381. The molecule has 1 aromatic heterocycles. The predicted molar refractivity (Wildman–Crippen MR) is 64.1 cm³/mol. The summed E-state index contributed by atoms with van der Waals surface area (Å²) in [5, 5.41) is 0. The zero-order valence-electron chi connectivity index (χ0n) is 9.27. The molecule has 4 nitrogen and oxygen atoms in total. The van der Waals surface area contributed by atoms with Crippen LogP contribution >= 0.6 is 15.9 Å². The molecule has 0 unspecified atom stereocenters. The number of aromatic nitrogens is 2. The quantitative estimate of drug-likeness (QED) is 0.824. The van der Waals surface area contributed by atoms with Crippen molar-refractivity contribution in [2.24, 2.45) is 0 Å². The molecule has 5 heteroatoms. The maximum absolute atomic E-state index is 5.08. The van der Waals surface area contributed by atoms with Gasteiger partial charge in [0.2, 0.25) is 0 Å². The Bertz CT molecular complexity index is 306. The van der Waals surface area contributed by atoms with Crippen LogP contribution < -0.4 is 4.90 Å². The predicted octanol–water partition coefficient (Wildman–Crippen LogP) is 2.10. The van der Waals surface area contributed by atoms with Crippen molar-refractivity contribution in [3.05, 3.63) is 17.0 Å². The minimum Gasteiger partial charge on any atom is -0.383 e. The Labute approximate surface area is 98.8 Å². The van der Waals surface area contributed by atoms with E-state index in [1.165, 1.54) is 0 Å². The fraction of sp³-hybridized carbons (Fsp3) is 0.600. The van der Waals surface area contributed by atoms with Crippen LogP contribution in [0.1, 0.15) is 13.8 Å². The second kappa shape index (κ2) is 6.02. The summed E-state index contributed by atoms with van der Waals surface area (Å²) in [6.45, 7) is 5.77. The van der Waals surface area contributed by atoms with Crippen LogP contribution in [0.3, 0.4) is 0 Å². The Morgan fingerprint density at radius 3 is 2.80 bits per heavy atom. The van der Waals surface area contributed by atoms with Gasteiger partial charge in [0, 0.05) is 25.9 Å². The third-order valence-corrected chi connectivity index (χ3v) is 2.64. The Morgan fingerprint density at radius 2 is 2.27 bits per heavy atom. The van der Waals surface area contributed by atoms with Crippen molar-refractivity contribution in [1.82, 2.24) is 9.97 Å². The zero-order chi connectivity index (χ0) is 11.3. The molecule has 0 saturated carbocycles. The number of nitrogens with zero attached hydrogens (tertiary/aromatic N) is 3. The molecule has 84 valence electrons. The maximum atomic E-state index is 5.08. The number of hydrogen-bond donors (Lipinski definition) is 0. The summed E-state index contributed by atoms with van der Waals surface area (Å²) in [5.41, 5.74) is 0. The standard InChI is InChI=1S/C10H16BrN3O/c1-8(2)14(4-5-15-3)10-9(11)6-12-7-13-10/h6-8H,4-5H2,1-3H3. The van der Waals surface area contributed by atoms with Crippen LogP contribution in [-0.4, -0.2) is 36.3 Å². The molecule has 0 radical (unpaired) electrons. The van der Waals surface area contributed by atoms with Crippen LogP contribution in [0.15, 0.2) is 17.0 Å². The lowest BCUT2D eigenvalue weighted by atomic mass is 10.3. The first-order valence-electron chi connectivity index (χ1n) is 4.88. The second-order valence-corrected chi connectivity index (χ2v) is 4.33. The largest absolute Gasteiger partial charge is 0.383 e. The van der Waals surface area contributed by atoms with Crippen molar-refractivity contribution in [2.75, 3.05) is 25.2 Å². The molecule has 0 atom stereocenters. The molecular weight excluding hydrogens is 258 g/mol. The van der Waals surface area contributed by atoms with Crippen LogP contribution in [0.25, 0.3) is 0 Å². The fourth-order valence-corrected chi connectivity index (χ4v) is 1.76. The van der Waals surface area contributed by atoms with E-state index in [4.69, 9.17) is 4.74 Å². The summed E-state index contributed by atoms with van der Waals surface area (Å²) >= 11 is 3.45. The van der Waals surface area contributed by atoms with Crippen LogP contribution in [-0.2, 0) is 4.74 Å². The summed E-state index contributed by atoms with van der Waals surface area (Å²) in [7, 11) is 1.70. The Kier molecular flexibility index (Phi) is 4.98. The van der Waals surface area contributed by atoms with Gasteiger partial charge in [-0.3, -0.25) is 0 Å². The van der Waals surface area contributed by atoms with Crippen LogP contribution in [0.2, 0.25) is 0 Å². The van der Waals surface area contributed by atoms with Crippen LogP contribution in [0, 0.1) is 0 Å². The molecule has 1 aromatic rings. The van der Waals surface area contributed by atoms with E-state index in [1.54, 1.807) is 19.6 Å². The summed E-state index contributed by atoms with van der Waals surface area (Å²) in [6.07, 6.45) is 3.31. The molecule has 1 rings (SSSR count). The highest BCUT2D eigenvalue weighted by molar-refractivity contribution is 9.10. The van der Waals surface area contributed by atoms with E-state index in [9.17, 15) is 0 Å². The molecule has 0 spiro atoms. The van der Waals surface area contributed by atoms with Crippen molar-refractivity contribution in [1.29, 1.82) is 0 Å². The number of rotatable bonds is 5. The van der Waals surface area contributed by atoms with Crippen LogP contribution in [0.4, 0.5) is 5.82 Å². The van der Waals surface area contributed by atoms with E-state index in [0.29, 0.717) is 12.6 Å². The SMILES string of the molecule is COCCN(c1ncncc1Br)C(C)C. The van der Waals surface area contributed by atoms with Crippen molar-refractivity contribution >= 4 is 21.7 Å². The summed E-state index contributed by atoms with van der Waals surface area (Å²) in [5.74, 6) is 0.914. The highest BCUT2D eigenvalue weighted by Crippen LogP contribution is 2.23. The van der Waals surface area contributed by atoms with Gasteiger partial charge in [0.25, 0.3) is 0 Å². The highest BCUT2D eigenvalue weighted by Gasteiger charge is 2.14. The average molecular weight is 274 g/mol. The molecule has 0 amide bonds. The van der Waals surface area contributed by atoms with Gasteiger partial charge in [-0.25, -0.2) is 9.97 Å². The van der Waals surface area contributed by atoms with Gasteiger partial charge in [-0.1, -0.05) is 0 Å². The van der Waals surface area contributed by atoms with Gasteiger partial charge >= 0.3 is 0 Å². The van der Waals surface area contributed by atoms with Gasteiger partial charge in [0.1, 0.15) is 12.1 Å². The molecular formula is C10H16BrN3O. The number of halogens is 1. The monoisotopic (exact) mass is 273 g/mol. The van der Waals surface area contributed by atoms with E-state index < -0.39 is 0 Å². The molecule has 0 aromatic carbocycles. The third-order valence-electron chi connectivity index (χ3n) is 2.08. The van der Waals surface area contributed by atoms with E-state index in [2.05, 4.69) is 44.6 Å². The molecule has 0 aliphatic carbocycles. The molecule has 0 N–H and O–H groups in total. The smallest absolute Gasteiger partial charge is 0.146 e. The van der Waals surface area contributed by atoms with Crippen molar-refractivity contribution in [3.63, 3.8) is 0 Å². The highest BCUT2D eigenvalue weighted by atomic mass is 79.9. The van der Waals surface area contributed by atoms with Gasteiger partial charge < -0.3 is 9.64 Å². The molecule has 0 fully saturated rings. The molecule has 0 bridgehead atoms. The average Bonchev–Trinajstić information content (AvgIpc) is 2.20. The molecule has 1 heterocycles. The zero-order valence-corrected chi connectivity index (χ0v) is 10.9. The number of ether oxygens (including phenoxy) is 1. The van der Waals surface area contributed by atoms with Gasteiger partial charge in [-0.15, -0.1) is 0 Å². The first-order valence-corrected chi connectivity index (χ1v) is 5.67. The van der Waals surface area contributed by atoms with Gasteiger partial charge in [-0.05, 0) is 29.8 Å². The summed E-state index contributed by atoms with van der Waals surface area (Å²) in [6, 6.07) is 0.381. The molecule has 0 aliphatic heterocycles. The van der Waals surface area contributed by atoms with Crippen LogP contribution in [0.5, 0.6) is 0 Å².